The number of ether oxygens (including phenoxy) is 1. The number of halogens is 3. The van der Waals surface area contributed by atoms with Crippen molar-refractivity contribution in [2.24, 2.45) is 7.05 Å². The normalized spacial score (nSPS) is 14.3. The maximum atomic E-state index is 14.0. The van der Waals surface area contributed by atoms with Gasteiger partial charge >= 0.3 is 12.3 Å². The number of nitrogens with one attached hydrogen (secondary N) is 1. The van der Waals surface area contributed by atoms with Gasteiger partial charge in [-0.15, -0.1) is 10.2 Å². The van der Waals surface area contributed by atoms with Crippen molar-refractivity contribution in [1.29, 1.82) is 0 Å². The Morgan fingerprint density at radius 2 is 1.83 bits per heavy atom. The summed E-state index contributed by atoms with van der Waals surface area (Å²) in [5.74, 6) is 0.571. The van der Waals surface area contributed by atoms with Crippen LogP contribution in [-0.4, -0.2) is 42.7 Å². The number of alkyl carbamates (subject to hydrolysis) is 1. The number of amides is 1. The van der Waals surface area contributed by atoms with E-state index in [-0.39, 0.29) is 29.6 Å². The minimum atomic E-state index is -4.72. The molecule has 1 amide bonds. The van der Waals surface area contributed by atoms with Crippen LogP contribution in [0.1, 0.15) is 69.0 Å². The molecule has 244 valence electrons. The number of hydrogen-bond donors (Lipinski definition) is 2. The van der Waals surface area contributed by atoms with Crippen LogP contribution in [0.25, 0.3) is 33.7 Å². The molecule has 0 unspecified atom stereocenters. The van der Waals surface area contributed by atoms with Crippen molar-refractivity contribution in [2.75, 3.05) is 0 Å². The summed E-state index contributed by atoms with van der Waals surface area (Å²) in [6.07, 6.45) is 3.98. The first-order valence-corrected chi connectivity index (χ1v) is 14.8. The molecule has 0 aliphatic heterocycles. The van der Waals surface area contributed by atoms with Crippen molar-refractivity contribution in [3.8, 4) is 11.5 Å². The Kier molecular flexibility index (Phi) is 10.5. The van der Waals surface area contributed by atoms with E-state index in [1.54, 1.807) is 69.1 Å². The molecule has 5 rings (SSSR count). The molecule has 1 saturated carbocycles. The highest BCUT2D eigenvalue weighted by molar-refractivity contribution is 5.98. The molecule has 0 saturated heterocycles. The number of allylic oxidation sites excluding steroid dienone is 4. The standard InChI is InChI=1S/C29H28F3N5O3.C5H10O/c1-7-20(21(8-2)25-36-34-16-37(25)6)18-10-9-11-19(14-18)26-35-23-13-17(15-33-27(38)40-28(3,4)5)12-22(24(23)39-26)29(30,31)32;6-5-3-1-2-4-5/h7-14,16H,1-2,15H2,3-6H3,(H,33,38);5-6H,1-4H2/b21-20-;. The van der Waals surface area contributed by atoms with Crippen LogP contribution in [0, 0.1) is 0 Å². The molecule has 0 radical (unpaired) electrons. The van der Waals surface area contributed by atoms with E-state index >= 15 is 0 Å². The topological polar surface area (TPSA) is 115 Å². The van der Waals surface area contributed by atoms with Crippen molar-refractivity contribution in [2.45, 2.75) is 70.9 Å². The highest BCUT2D eigenvalue weighted by Crippen LogP contribution is 2.38. The third-order valence-electron chi connectivity index (χ3n) is 7.09. The third kappa shape index (κ3) is 8.51. The van der Waals surface area contributed by atoms with Crippen LogP contribution in [-0.2, 0) is 24.5 Å². The molecule has 1 aliphatic carbocycles. The highest BCUT2D eigenvalue weighted by Gasteiger charge is 2.35. The SMILES string of the molecule is C=C/C(=C(\C=C)c1nncn1C)c1cccc(-c2nc3cc(CNC(=O)OC(C)(C)C)cc(C(F)(F)F)c3o2)c1.OC1CCCC1. The third-order valence-corrected chi connectivity index (χ3v) is 7.09. The van der Waals surface area contributed by atoms with Gasteiger partial charge < -0.3 is 24.1 Å². The van der Waals surface area contributed by atoms with Crippen LogP contribution in [0.4, 0.5) is 18.0 Å². The summed E-state index contributed by atoms with van der Waals surface area (Å²) in [7, 11) is 1.80. The molecule has 2 heterocycles. The Morgan fingerprint density at radius 1 is 1.13 bits per heavy atom. The van der Waals surface area contributed by atoms with Gasteiger partial charge in [0.15, 0.2) is 11.4 Å². The summed E-state index contributed by atoms with van der Waals surface area (Å²) < 4.78 is 54.6. The van der Waals surface area contributed by atoms with Crippen molar-refractivity contribution in [1.82, 2.24) is 25.1 Å². The number of oxazole rings is 1. The van der Waals surface area contributed by atoms with Crippen LogP contribution >= 0.6 is 0 Å². The quantitative estimate of drug-likeness (QED) is 0.198. The lowest BCUT2D eigenvalue weighted by atomic mass is 9.97. The zero-order valence-electron chi connectivity index (χ0n) is 26.3. The molecule has 2 N–H and O–H groups in total. The fourth-order valence-electron chi connectivity index (χ4n) is 4.97. The first kappa shape index (κ1) is 34.2. The van der Waals surface area contributed by atoms with Crippen LogP contribution in [0.2, 0.25) is 0 Å². The minimum absolute atomic E-state index is 0.00145. The number of aromatic nitrogens is 4. The van der Waals surface area contributed by atoms with E-state index < -0.39 is 29.0 Å². The first-order valence-electron chi connectivity index (χ1n) is 14.8. The van der Waals surface area contributed by atoms with Gasteiger partial charge in [-0.25, -0.2) is 9.78 Å². The molecule has 0 spiro atoms. The lowest BCUT2D eigenvalue weighted by molar-refractivity contribution is -0.136. The molecule has 1 fully saturated rings. The van der Waals surface area contributed by atoms with Gasteiger partial charge in [-0.3, -0.25) is 0 Å². The van der Waals surface area contributed by atoms with Crippen LogP contribution in [0.15, 0.2) is 72.5 Å². The number of carbonyl (C=O) groups excluding carboxylic acids is 1. The summed E-state index contributed by atoms with van der Waals surface area (Å²) in [6.45, 7) is 12.7. The second-order valence-electron chi connectivity index (χ2n) is 11.9. The zero-order chi connectivity index (χ0) is 33.6. The molecular weight excluding hydrogens is 599 g/mol. The van der Waals surface area contributed by atoms with Crippen molar-refractivity contribution >= 4 is 28.3 Å². The lowest BCUT2D eigenvalue weighted by Gasteiger charge is -2.19. The number of alkyl halides is 3. The van der Waals surface area contributed by atoms with Gasteiger partial charge in [-0.1, -0.05) is 50.3 Å². The molecule has 1 aliphatic rings. The Hall–Kier alpha value is -4.71. The molecule has 46 heavy (non-hydrogen) atoms. The molecule has 2 aromatic heterocycles. The zero-order valence-corrected chi connectivity index (χ0v) is 26.3. The molecule has 2 aromatic carbocycles. The monoisotopic (exact) mass is 637 g/mol. The van der Waals surface area contributed by atoms with E-state index in [1.165, 1.54) is 18.9 Å². The number of nitrogens with zero attached hydrogens (tertiary/aromatic N) is 4. The molecule has 0 atom stereocenters. The van der Waals surface area contributed by atoms with Gasteiger partial charge in [0.05, 0.1) is 6.10 Å². The predicted molar refractivity (Wildman–Crippen MR) is 170 cm³/mol. The number of fused-ring (bicyclic) bond motifs is 1. The fraction of sp³-hybridized carbons (Fsp3) is 0.353. The highest BCUT2D eigenvalue weighted by atomic mass is 19.4. The van der Waals surface area contributed by atoms with Gasteiger partial charge in [0.1, 0.15) is 23.0 Å². The molecule has 0 bridgehead atoms. The van der Waals surface area contributed by atoms with E-state index in [9.17, 15) is 18.0 Å². The summed E-state index contributed by atoms with van der Waals surface area (Å²) in [6, 6.07) is 9.35. The smallest absolute Gasteiger partial charge is 0.420 e. The Bertz CT molecular complexity index is 1740. The Balaban J connectivity index is 0.000000717. The van der Waals surface area contributed by atoms with Gasteiger partial charge in [0.2, 0.25) is 5.89 Å². The van der Waals surface area contributed by atoms with Crippen molar-refractivity contribution in [3.05, 3.63) is 90.6 Å². The van der Waals surface area contributed by atoms with E-state index in [0.717, 1.165) is 18.9 Å². The number of hydrogen-bond acceptors (Lipinski definition) is 7. The van der Waals surface area contributed by atoms with Crippen molar-refractivity contribution < 1.29 is 32.2 Å². The van der Waals surface area contributed by atoms with E-state index in [2.05, 4.69) is 33.7 Å². The number of carbonyl (C=O) groups is 1. The summed E-state index contributed by atoms with van der Waals surface area (Å²) in [5, 5.41) is 19.3. The van der Waals surface area contributed by atoms with Gasteiger partial charge in [0.25, 0.3) is 0 Å². The molecule has 9 nitrogen and oxygen atoms in total. The number of aliphatic hydroxyl groups excluding tert-OH is 1. The summed E-state index contributed by atoms with van der Waals surface area (Å²) in [4.78, 5) is 16.4. The van der Waals surface area contributed by atoms with Gasteiger partial charge in [-0.2, -0.15) is 13.2 Å². The molecule has 12 heteroatoms. The van der Waals surface area contributed by atoms with Gasteiger partial charge in [0, 0.05) is 24.7 Å². The first-order chi connectivity index (χ1) is 21.7. The number of benzene rings is 2. The van der Waals surface area contributed by atoms with E-state index in [4.69, 9.17) is 14.3 Å². The lowest BCUT2D eigenvalue weighted by Crippen LogP contribution is -2.32. The Labute approximate surface area is 265 Å². The maximum absolute atomic E-state index is 14.0. The second-order valence-corrected chi connectivity index (χ2v) is 11.9. The predicted octanol–water partition coefficient (Wildman–Crippen LogP) is 7.87. The van der Waals surface area contributed by atoms with Gasteiger partial charge in [-0.05, 0) is 74.6 Å². The van der Waals surface area contributed by atoms with Crippen LogP contribution < -0.4 is 5.32 Å². The van der Waals surface area contributed by atoms with Crippen LogP contribution in [0.5, 0.6) is 0 Å². The second kappa shape index (κ2) is 14.2. The maximum Gasteiger partial charge on any atom is 0.420 e. The number of aliphatic hydroxyl groups is 1. The summed E-state index contributed by atoms with van der Waals surface area (Å²) >= 11 is 0. The average Bonchev–Trinajstić information content (AvgIpc) is 3.74. The molecular formula is C34H38F3N5O4. The van der Waals surface area contributed by atoms with Crippen LogP contribution in [0.3, 0.4) is 0 Å². The number of rotatable bonds is 7. The number of aryl methyl sites for hydroxylation is 1. The summed E-state index contributed by atoms with van der Waals surface area (Å²) in [5.41, 5.74) is 0.561. The average molecular weight is 638 g/mol. The fourth-order valence-corrected chi connectivity index (χ4v) is 4.97. The largest absolute Gasteiger partial charge is 0.444 e. The minimum Gasteiger partial charge on any atom is -0.444 e. The molecule has 4 aromatic rings. The Morgan fingerprint density at radius 3 is 2.37 bits per heavy atom. The van der Waals surface area contributed by atoms with E-state index in [1.807, 2.05) is 6.07 Å². The van der Waals surface area contributed by atoms with Crippen molar-refractivity contribution in [3.63, 3.8) is 0 Å². The van der Waals surface area contributed by atoms with E-state index in [0.29, 0.717) is 28.1 Å².